The molecule has 1 aromatic carbocycles. The minimum atomic E-state index is -3.14. The molecular formula is C18H19N3O4S2. The second-order valence-electron chi connectivity index (χ2n) is 5.72. The second-order valence-corrected chi connectivity index (χ2v) is 9.13. The topological polar surface area (TPSA) is 102 Å². The van der Waals surface area contributed by atoms with Gasteiger partial charge in [-0.25, -0.2) is 18.4 Å². The molecule has 0 radical (unpaired) electrons. The molecule has 0 bridgehead atoms. The number of nitrogens with one attached hydrogen (secondary N) is 1. The van der Waals surface area contributed by atoms with Crippen molar-refractivity contribution < 1.29 is 17.6 Å². The molecule has 0 saturated carbocycles. The molecule has 27 heavy (non-hydrogen) atoms. The van der Waals surface area contributed by atoms with Crippen molar-refractivity contribution in [2.45, 2.75) is 17.8 Å². The molecule has 0 unspecified atom stereocenters. The van der Waals surface area contributed by atoms with Crippen LogP contribution in [0.4, 0.5) is 0 Å². The van der Waals surface area contributed by atoms with Crippen LogP contribution in [-0.4, -0.2) is 42.3 Å². The fourth-order valence-electron chi connectivity index (χ4n) is 2.47. The van der Waals surface area contributed by atoms with Gasteiger partial charge in [-0.2, -0.15) is 0 Å². The maximum atomic E-state index is 12.6. The van der Waals surface area contributed by atoms with Gasteiger partial charge in [-0.05, 0) is 12.1 Å². The fourth-order valence-corrected chi connectivity index (χ4v) is 4.00. The Balaban J connectivity index is 1.80. The standard InChI is InChI=1S/C18H19N3O4S2/c1-2-27(23,24)11-10-19-17(22)16-14(12-26-18-20-8-5-9-21-18)13-6-3-4-7-15(13)25-16/h3-9H,2,10-12H2,1H3,(H,19,22). The number of para-hydroxylation sites is 1. The summed E-state index contributed by atoms with van der Waals surface area (Å²) in [7, 11) is -3.14. The van der Waals surface area contributed by atoms with Crippen LogP contribution in [0.25, 0.3) is 11.0 Å². The smallest absolute Gasteiger partial charge is 0.287 e. The molecule has 0 aliphatic rings. The minimum Gasteiger partial charge on any atom is -0.451 e. The Morgan fingerprint density at radius 2 is 1.93 bits per heavy atom. The molecule has 1 amide bonds. The number of amides is 1. The monoisotopic (exact) mass is 405 g/mol. The van der Waals surface area contributed by atoms with Crippen molar-refractivity contribution in [3.63, 3.8) is 0 Å². The molecule has 9 heteroatoms. The summed E-state index contributed by atoms with van der Waals surface area (Å²) in [5.74, 6) is 0.164. The maximum absolute atomic E-state index is 12.6. The van der Waals surface area contributed by atoms with E-state index in [1.54, 1.807) is 31.5 Å². The minimum absolute atomic E-state index is 0.0421. The SMILES string of the molecule is CCS(=O)(=O)CCNC(=O)c1oc2ccccc2c1CSc1ncccn1. The molecule has 7 nitrogen and oxygen atoms in total. The molecule has 2 aromatic heterocycles. The number of fused-ring (bicyclic) bond motifs is 1. The van der Waals surface area contributed by atoms with Gasteiger partial charge in [0, 0.05) is 41.4 Å². The number of rotatable bonds is 8. The Morgan fingerprint density at radius 1 is 1.19 bits per heavy atom. The molecule has 2 heterocycles. The van der Waals surface area contributed by atoms with E-state index in [9.17, 15) is 13.2 Å². The van der Waals surface area contributed by atoms with Crippen molar-refractivity contribution in [2.75, 3.05) is 18.1 Å². The number of carbonyl (C=O) groups excluding carboxylic acids is 1. The zero-order valence-corrected chi connectivity index (χ0v) is 16.3. The van der Waals surface area contributed by atoms with Gasteiger partial charge in [0.05, 0.1) is 5.75 Å². The quantitative estimate of drug-likeness (QED) is 0.454. The zero-order chi connectivity index (χ0) is 19.3. The molecule has 1 N–H and O–H groups in total. The molecular weight excluding hydrogens is 386 g/mol. The van der Waals surface area contributed by atoms with E-state index in [2.05, 4.69) is 15.3 Å². The largest absolute Gasteiger partial charge is 0.451 e. The van der Waals surface area contributed by atoms with Gasteiger partial charge in [-0.1, -0.05) is 36.9 Å². The van der Waals surface area contributed by atoms with Crippen molar-refractivity contribution in [1.82, 2.24) is 15.3 Å². The summed E-state index contributed by atoms with van der Waals surface area (Å²) in [6.45, 7) is 1.62. The first-order valence-corrected chi connectivity index (χ1v) is 11.2. The highest BCUT2D eigenvalue weighted by atomic mass is 32.2. The first-order valence-electron chi connectivity index (χ1n) is 8.39. The second kappa shape index (κ2) is 8.53. The molecule has 142 valence electrons. The number of sulfone groups is 1. The van der Waals surface area contributed by atoms with Crippen LogP contribution in [0, 0.1) is 0 Å². The summed E-state index contributed by atoms with van der Waals surface area (Å²) in [5, 5.41) is 4.08. The van der Waals surface area contributed by atoms with E-state index >= 15 is 0 Å². The average molecular weight is 406 g/mol. The van der Waals surface area contributed by atoms with Crippen LogP contribution in [0.1, 0.15) is 23.0 Å². The van der Waals surface area contributed by atoms with Crippen LogP contribution < -0.4 is 5.32 Å². The predicted octanol–water partition coefficient (Wildman–Crippen LogP) is 2.68. The van der Waals surface area contributed by atoms with E-state index in [0.29, 0.717) is 16.5 Å². The van der Waals surface area contributed by atoms with Crippen LogP contribution >= 0.6 is 11.8 Å². The van der Waals surface area contributed by atoms with Crippen molar-refractivity contribution >= 4 is 38.5 Å². The summed E-state index contributed by atoms with van der Waals surface area (Å²) in [4.78, 5) is 20.9. The van der Waals surface area contributed by atoms with Gasteiger partial charge in [0.1, 0.15) is 5.58 Å². The maximum Gasteiger partial charge on any atom is 0.287 e. The van der Waals surface area contributed by atoms with Gasteiger partial charge in [-0.3, -0.25) is 4.79 Å². The number of thioether (sulfide) groups is 1. The number of aromatic nitrogens is 2. The molecule has 0 fully saturated rings. The number of carbonyl (C=O) groups is 1. The molecule has 3 rings (SSSR count). The van der Waals surface area contributed by atoms with E-state index in [1.807, 2.05) is 18.2 Å². The van der Waals surface area contributed by atoms with Crippen molar-refractivity contribution in [2.24, 2.45) is 0 Å². The normalized spacial score (nSPS) is 11.6. The Labute approximate surface area is 161 Å². The van der Waals surface area contributed by atoms with E-state index < -0.39 is 15.7 Å². The first kappa shape index (κ1) is 19.4. The molecule has 3 aromatic rings. The molecule has 0 aliphatic carbocycles. The number of nitrogens with zero attached hydrogens (tertiary/aromatic N) is 2. The van der Waals surface area contributed by atoms with Crippen molar-refractivity contribution in [3.05, 3.63) is 54.0 Å². The number of furan rings is 1. The van der Waals surface area contributed by atoms with Crippen molar-refractivity contribution in [1.29, 1.82) is 0 Å². The Bertz CT molecular complexity index is 1030. The lowest BCUT2D eigenvalue weighted by Crippen LogP contribution is -2.29. The summed E-state index contributed by atoms with van der Waals surface area (Å²) in [6.07, 6.45) is 3.31. The predicted molar refractivity (Wildman–Crippen MR) is 104 cm³/mol. The van der Waals surface area contributed by atoms with Gasteiger partial charge in [0.25, 0.3) is 5.91 Å². The van der Waals surface area contributed by atoms with Crippen LogP contribution in [0.5, 0.6) is 0 Å². The lowest BCUT2D eigenvalue weighted by atomic mass is 10.1. The lowest BCUT2D eigenvalue weighted by Gasteiger charge is -2.05. The van der Waals surface area contributed by atoms with E-state index in [0.717, 1.165) is 10.9 Å². The number of hydrogen-bond acceptors (Lipinski definition) is 7. The van der Waals surface area contributed by atoms with Crippen LogP contribution in [0.15, 0.2) is 52.3 Å². The van der Waals surface area contributed by atoms with Gasteiger partial charge < -0.3 is 9.73 Å². The summed E-state index contributed by atoms with van der Waals surface area (Å²) < 4.78 is 28.9. The number of benzene rings is 1. The third-order valence-corrected chi connectivity index (χ3v) is 6.54. The van der Waals surface area contributed by atoms with E-state index in [1.165, 1.54) is 11.8 Å². The van der Waals surface area contributed by atoms with E-state index in [4.69, 9.17) is 4.42 Å². The molecule has 0 spiro atoms. The summed E-state index contributed by atoms with van der Waals surface area (Å²) >= 11 is 1.40. The lowest BCUT2D eigenvalue weighted by molar-refractivity contribution is 0.0929. The van der Waals surface area contributed by atoms with Crippen molar-refractivity contribution in [3.8, 4) is 0 Å². The highest BCUT2D eigenvalue weighted by molar-refractivity contribution is 7.98. The number of hydrogen-bond donors (Lipinski definition) is 1. The molecule has 0 saturated heterocycles. The zero-order valence-electron chi connectivity index (χ0n) is 14.7. The third-order valence-electron chi connectivity index (χ3n) is 3.93. The highest BCUT2D eigenvalue weighted by Gasteiger charge is 2.21. The fraction of sp³-hybridized carbons (Fsp3) is 0.278. The molecule has 0 aliphatic heterocycles. The molecule has 0 atom stereocenters. The summed E-state index contributed by atoms with van der Waals surface area (Å²) in [6, 6.07) is 9.12. The van der Waals surface area contributed by atoms with Gasteiger partial charge in [0.15, 0.2) is 20.8 Å². The summed E-state index contributed by atoms with van der Waals surface area (Å²) in [5.41, 5.74) is 1.34. The first-order chi connectivity index (χ1) is 13.0. The van der Waals surface area contributed by atoms with Crippen LogP contribution in [-0.2, 0) is 15.6 Å². The Kier molecular flexibility index (Phi) is 6.12. The van der Waals surface area contributed by atoms with Gasteiger partial charge in [-0.15, -0.1) is 0 Å². The Morgan fingerprint density at radius 3 is 2.67 bits per heavy atom. The van der Waals surface area contributed by atoms with Gasteiger partial charge in [0.2, 0.25) is 0 Å². The van der Waals surface area contributed by atoms with E-state index in [-0.39, 0.29) is 23.8 Å². The highest BCUT2D eigenvalue weighted by Crippen LogP contribution is 2.30. The third kappa shape index (κ3) is 4.86. The van der Waals surface area contributed by atoms with Crippen LogP contribution in [0.3, 0.4) is 0 Å². The Hall–Kier alpha value is -2.39. The average Bonchev–Trinajstić information content (AvgIpc) is 3.06. The van der Waals surface area contributed by atoms with Crippen LogP contribution in [0.2, 0.25) is 0 Å². The van der Waals surface area contributed by atoms with Gasteiger partial charge >= 0.3 is 0 Å².